The lowest BCUT2D eigenvalue weighted by molar-refractivity contribution is 0.00884. The highest BCUT2D eigenvalue weighted by Crippen LogP contribution is 2.19. The standard InChI is InChI=1S/C20H32N6O3S/c21-17-24-20(25-18-11-14-22-15-12-18)23-13-7-3-4-8-16-30(27,28)26-29-19-9-5-1-2-6-10-19/h11-12,14-15,19,26H,1-10,13,16H2,(H2,22,23,24,25). The van der Waals surface area contributed by atoms with Gasteiger partial charge in [-0.25, -0.2) is 8.42 Å². The Bertz CT molecular complexity index is 771. The predicted molar refractivity (Wildman–Crippen MR) is 117 cm³/mol. The number of anilines is 1. The number of hydrogen-bond acceptors (Lipinski definition) is 6. The lowest BCUT2D eigenvalue weighted by Crippen LogP contribution is -2.31. The zero-order chi connectivity index (χ0) is 21.5. The van der Waals surface area contributed by atoms with Crippen LogP contribution in [-0.2, 0) is 14.9 Å². The van der Waals surface area contributed by atoms with Crippen LogP contribution in [0.4, 0.5) is 5.69 Å². The van der Waals surface area contributed by atoms with Gasteiger partial charge in [0, 0.05) is 24.6 Å². The van der Waals surface area contributed by atoms with Gasteiger partial charge in [0.05, 0.1) is 11.9 Å². The van der Waals surface area contributed by atoms with Crippen molar-refractivity contribution in [1.82, 2.24) is 15.2 Å². The van der Waals surface area contributed by atoms with Crippen molar-refractivity contribution >= 4 is 21.7 Å². The molecule has 10 heteroatoms. The number of nitrogens with zero attached hydrogens (tertiary/aromatic N) is 3. The van der Waals surface area contributed by atoms with Gasteiger partial charge in [-0.1, -0.05) is 43.4 Å². The van der Waals surface area contributed by atoms with Crippen LogP contribution in [0.3, 0.4) is 0 Å². The first-order chi connectivity index (χ1) is 14.6. The largest absolute Gasteiger partial charge is 0.355 e. The van der Waals surface area contributed by atoms with Crippen molar-refractivity contribution in [1.29, 1.82) is 5.26 Å². The minimum Gasteiger partial charge on any atom is -0.355 e. The normalized spacial score (nSPS) is 15.9. The second-order valence-electron chi connectivity index (χ2n) is 7.40. The lowest BCUT2D eigenvalue weighted by atomic mass is 10.2. The van der Waals surface area contributed by atoms with Crippen molar-refractivity contribution in [2.45, 2.75) is 70.3 Å². The quantitative estimate of drug-likeness (QED) is 0.121. The number of nitrogens with one attached hydrogen (secondary N) is 3. The van der Waals surface area contributed by atoms with Crippen LogP contribution in [0.2, 0.25) is 0 Å². The maximum atomic E-state index is 12.1. The molecule has 0 aromatic carbocycles. The van der Waals surface area contributed by atoms with E-state index in [1.807, 2.05) is 0 Å². The van der Waals surface area contributed by atoms with E-state index in [0.717, 1.165) is 50.6 Å². The topological polar surface area (TPSA) is 128 Å². The van der Waals surface area contributed by atoms with E-state index in [1.54, 1.807) is 30.7 Å². The molecular formula is C20H32N6O3S. The highest BCUT2D eigenvalue weighted by atomic mass is 32.2. The van der Waals surface area contributed by atoms with E-state index < -0.39 is 10.0 Å². The molecule has 1 saturated carbocycles. The van der Waals surface area contributed by atoms with Crippen molar-refractivity contribution in [3.05, 3.63) is 24.5 Å². The number of pyridine rings is 1. The fourth-order valence-electron chi connectivity index (χ4n) is 3.25. The third kappa shape index (κ3) is 10.5. The highest BCUT2D eigenvalue weighted by molar-refractivity contribution is 7.89. The highest BCUT2D eigenvalue weighted by Gasteiger charge is 2.17. The molecule has 2 rings (SSSR count). The van der Waals surface area contributed by atoms with E-state index in [9.17, 15) is 8.42 Å². The molecule has 166 valence electrons. The Morgan fingerprint density at radius 1 is 1.13 bits per heavy atom. The molecular weight excluding hydrogens is 404 g/mol. The van der Waals surface area contributed by atoms with Gasteiger partial charge in [0.25, 0.3) is 0 Å². The number of hydrogen-bond donors (Lipinski definition) is 3. The average Bonchev–Trinajstić information content (AvgIpc) is 3.01. The van der Waals surface area contributed by atoms with Crippen LogP contribution in [0.15, 0.2) is 29.5 Å². The van der Waals surface area contributed by atoms with Gasteiger partial charge in [0.2, 0.25) is 22.2 Å². The number of rotatable bonds is 11. The summed E-state index contributed by atoms with van der Waals surface area (Å²) in [6, 6.07) is 3.56. The number of nitriles is 1. The van der Waals surface area contributed by atoms with Crippen LogP contribution in [0.25, 0.3) is 0 Å². The first kappa shape index (κ1) is 24.1. The smallest absolute Gasteiger partial charge is 0.233 e. The molecule has 1 aliphatic carbocycles. The van der Waals surface area contributed by atoms with Crippen LogP contribution >= 0.6 is 0 Å². The predicted octanol–water partition coefficient (Wildman–Crippen LogP) is 3.05. The van der Waals surface area contributed by atoms with Crippen LogP contribution in [-0.4, -0.2) is 37.8 Å². The van der Waals surface area contributed by atoms with Crippen molar-refractivity contribution in [3.8, 4) is 6.19 Å². The van der Waals surface area contributed by atoms with Crippen molar-refractivity contribution in [2.75, 3.05) is 17.6 Å². The average molecular weight is 437 g/mol. The second-order valence-corrected chi connectivity index (χ2v) is 9.20. The fourth-order valence-corrected chi connectivity index (χ4v) is 4.20. The summed E-state index contributed by atoms with van der Waals surface area (Å²) in [5.74, 6) is 0.448. The molecule has 0 unspecified atom stereocenters. The van der Waals surface area contributed by atoms with Gasteiger partial charge >= 0.3 is 0 Å². The van der Waals surface area contributed by atoms with Crippen molar-refractivity contribution < 1.29 is 13.3 Å². The van der Waals surface area contributed by atoms with E-state index in [0.29, 0.717) is 18.9 Å². The molecule has 30 heavy (non-hydrogen) atoms. The van der Waals surface area contributed by atoms with Crippen LogP contribution in [0.1, 0.15) is 64.2 Å². The number of guanidine groups is 1. The number of sulfonamides is 1. The minimum atomic E-state index is -3.40. The van der Waals surface area contributed by atoms with Crippen LogP contribution in [0.5, 0.6) is 0 Å². The summed E-state index contributed by atoms with van der Waals surface area (Å²) in [7, 11) is -3.40. The molecule has 1 aliphatic rings. The third-order valence-corrected chi connectivity index (χ3v) is 6.06. The van der Waals surface area contributed by atoms with Gasteiger partial charge in [0.15, 0.2) is 0 Å². The third-order valence-electron chi connectivity index (χ3n) is 4.88. The van der Waals surface area contributed by atoms with Gasteiger partial charge in [0.1, 0.15) is 0 Å². The molecule has 0 saturated heterocycles. The maximum Gasteiger partial charge on any atom is 0.233 e. The van der Waals surface area contributed by atoms with E-state index in [1.165, 1.54) is 12.8 Å². The summed E-state index contributed by atoms with van der Waals surface area (Å²) in [5, 5.41) is 14.9. The summed E-state index contributed by atoms with van der Waals surface area (Å²) in [6.45, 7) is 0.633. The van der Waals surface area contributed by atoms with Gasteiger partial charge in [-0.15, -0.1) is 4.99 Å². The fraction of sp³-hybridized carbons (Fsp3) is 0.650. The van der Waals surface area contributed by atoms with Gasteiger partial charge in [-0.3, -0.25) is 9.82 Å². The Kier molecular flexibility index (Phi) is 11.1. The maximum absolute atomic E-state index is 12.1. The van der Waals surface area contributed by atoms with Crippen molar-refractivity contribution in [2.24, 2.45) is 4.99 Å². The van der Waals surface area contributed by atoms with Gasteiger partial charge in [-0.2, -0.15) is 5.26 Å². The van der Waals surface area contributed by atoms with Crippen LogP contribution < -0.4 is 15.5 Å². The van der Waals surface area contributed by atoms with E-state index in [4.69, 9.17) is 10.1 Å². The second kappa shape index (κ2) is 13.9. The summed E-state index contributed by atoms with van der Waals surface area (Å²) in [4.78, 5) is 15.4. The molecule has 0 aliphatic heterocycles. The molecule has 0 atom stereocenters. The van der Waals surface area contributed by atoms with E-state index in [-0.39, 0.29) is 11.9 Å². The van der Waals surface area contributed by atoms with E-state index >= 15 is 0 Å². The summed E-state index contributed by atoms with van der Waals surface area (Å²) >= 11 is 0. The number of aromatic nitrogens is 1. The molecule has 9 nitrogen and oxygen atoms in total. The number of unbranched alkanes of at least 4 members (excludes halogenated alkanes) is 3. The molecule has 1 heterocycles. The first-order valence-corrected chi connectivity index (χ1v) is 12.3. The molecule has 1 aromatic heterocycles. The number of aliphatic imine (C=N–C) groups is 1. The Labute approximate surface area is 179 Å². The monoisotopic (exact) mass is 436 g/mol. The first-order valence-electron chi connectivity index (χ1n) is 10.6. The molecule has 0 spiro atoms. The minimum absolute atomic E-state index is 0.00150. The van der Waals surface area contributed by atoms with Gasteiger partial charge in [-0.05, 0) is 37.8 Å². The molecule has 0 bridgehead atoms. The molecule has 0 amide bonds. The summed E-state index contributed by atoms with van der Waals surface area (Å²) < 4.78 is 24.2. The van der Waals surface area contributed by atoms with Gasteiger partial charge < -0.3 is 10.6 Å². The molecule has 3 N–H and O–H groups in total. The van der Waals surface area contributed by atoms with Crippen LogP contribution in [0, 0.1) is 11.5 Å². The molecule has 1 aromatic rings. The Morgan fingerprint density at radius 2 is 1.83 bits per heavy atom. The molecule has 1 fully saturated rings. The Hall–Kier alpha value is -2.22. The molecule has 0 radical (unpaired) electrons. The Balaban J connectivity index is 1.55. The van der Waals surface area contributed by atoms with E-state index in [2.05, 4.69) is 25.5 Å². The van der Waals surface area contributed by atoms with Crippen molar-refractivity contribution in [3.63, 3.8) is 0 Å². The summed E-state index contributed by atoms with van der Waals surface area (Å²) in [5.41, 5.74) is 0.787. The SMILES string of the molecule is N#C/N=C(\NCCCCCCS(=O)(=O)NOC1CCCCCC1)Nc1ccncc1. The zero-order valence-electron chi connectivity index (χ0n) is 17.3. The zero-order valence-corrected chi connectivity index (χ0v) is 18.2. The Morgan fingerprint density at radius 3 is 2.53 bits per heavy atom. The lowest BCUT2D eigenvalue weighted by Gasteiger charge is -2.15. The summed E-state index contributed by atoms with van der Waals surface area (Å²) in [6.07, 6.45) is 14.6.